The molecule has 0 atom stereocenters. The zero-order valence-corrected chi connectivity index (χ0v) is 13.3. The first-order valence-electron chi connectivity index (χ1n) is 7.39. The van der Waals surface area contributed by atoms with E-state index in [0.717, 1.165) is 5.69 Å². The van der Waals surface area contributed by atoms with Crippen LogP contribution in [0.3, 0.4) is 0 Å². The van der Waals surface area contributed by atoms with E-state index in [1.807, 2.05) is 48.5 Å². The van der Waals surface area contributed by atoms with Crippen molar-refractivity contribution in [2.24, 2.45) is 0 Å². The highest BCUT2D eigenvalue weighted by molar-refractivity contribution is 6.04. The van der Waals surface area contributed by atoms with Crippen molar-refractivity contribution in [2.45, 2.75) is 0 Å². The number of benzene rings is 2. The molecule has 0 aliphatic carbocycles. The number of allylic oxidation sites excluding steroid dienone is 1. The number of urea groups is 1. The van der Waals surface area contributed by atoms with Crippen molar-refractivity contribution < 1.29 is 9.59 Å². The fourth-order valence-corrected chi connectivity index (χ4v) is 2.11. The van der Waals surface area contributed by atoms with Gasteiger partial charge in [-0.1, -0.05) is 54.6 Å². The number of hydrogen-bond acceptors (Lipinski definition) is 2. The second kappa shape index (κ2) is 7.94. The molecule has 0 bridgehead atoms. The molecule has 0 fully saturated rings. The van der Waals surface area contributed by atoms with Crippen LogP contribution >= 0.6 is 0 Å². The molecule has 0 saturated heterocycles. The monoisotopic (exact) mass is 308 g/mol. The number of para-hydroxylation sites is 1. The van der Waals surface area contributed by atoms with Gasteiger partial charge in [-0.15, -0.1) is 0 Å². The minimum absolute atomic E-state index is 0.0732. The van der Waals surface area contributed by atoms with E-state index in [1.54, 1.807) is 37.2 Å². The Labute approximate surface area is 136 Å². The van der Waals surface area contributed by atoms with Crippen molar-refractivity contribution >= 4 is 17.5 Å². The van der Waals surface area contributed by atoms with Crippen LogP contribution in [-0.2, 0) is 0 Å². The smallest absolute Gasteiger partial charge is 0.324 e. The summed E-state index contributed by atoms with van der Waals surface area (Å²) in [6.45, 7) is 0.333. The number of carbonyl (C=O) groups excluding carboxylic acids is 2. The summed E-state index contributed by atoms with van der Waals surface area (Å²) >= 11 is 0. The van der Waals surface area contributed by atoms with E-state index in [0.29, 0.717) is 12.1 Å². The predicted molar refractivity (Wildman–Crippen MR) is 92.8 cm³/mol. The number of carbonyl (C=O) groups is 2. The molecule has 0 radical (unpaired) electrons. The van der Waals surface area contributed by atoms with Crippen molar-refractivity contribution in [1.29, 1.82) is 0 Å². The van der Waals surface area contributed by atoms with E-state index in [1.165, 1.54) is 11.0 Å². The lowest BCUT2D eigenvalue weighted by atomic mass is 10.1. The highest BCUT2D eigenvalue weighted by Gasteiger charge is 2.15. The van der Waals surface area contributed by atoms with E-state index in [-0.39, 0.29) is 11.8 Å². The van der Waals surface area contributed by atoms with Gasteiger partial charge in [0.15, 0.2) is 5.78 Å². The first kappa shape index (κ1) is 16.5. The number of nitrogens with zero attached hydrogens (tertiary/aromatic N) is 2. The first-order chi connectivity index (χ1) is 11.1. The Morgan fingerprint density at radius 3 is 2.04 bits per heavy atom. The maximum absolute atomic E-state index is 12.3. The lowest BCUT2D eigenvalue weighted by molar-refractivity contribution is 0.104. The summed E-state index contributed by atoms with van der Waals surface area (Å²) in [4.78, 5) is 27.5. The summed E-state index contributed by atoms with van der Waals surface area (Å²) in [5.74, 6) is -0.0732. The molecule has 0 unspecified atom stereocenters. The van der Waals surface area contributed by atoms with E-state index in [9.17, 15) is 9.59 Å². The Bertz CT molecular complexity index is 679. The van der Waals surface area contributed by atoms with E-state index < -0.39 is 0 Å². The summed E-state index contributed by atoms with van der Waals surface area (Å²) < 4.78 is 0. The van der Waals surface area contributed by atoms with Crippen LogP contribution in [0.5, 0.6) is 0 Å². The topological polar surface area (TPSA) is 40.6 Å². The largest absolute Gasteiger partial charge is 0.330 e. The summed E-state index contributed by atoms with van der Waals surface area (Å²) in [6.07, 6.45) is 3.22. The summed E-state index contributed by atoms with van der Waals surface area (Å²) in [7, 11) is 3.41. The average molecular weight is 308 g/mol. The molecular formula is C19H20N2O2. The number of rotatable bonds is 5. The summed E-state index contributed by atoms with van der Waals surface area (Å²) in [5, 5.41) is 0. The third-order valence-electron chi connectivity index (χ3n) is 3.30. The molecule has 0 aromatic heterocycles. The summed E-state index contributed by atoms with van der Waals surface area (Å²) in [6, 6.07) is 18.3. The third kappa shape index (κ3) is 4.54. The average Bonchev–Trinajstić information content (AvgIpc) is 2.59. The van der Waals surface area contributed by atoms with Gasteiger partial charge in [0, 0.05) is 31.9 Å². The van der Waals surface area contributed by atoms with Crippen LogP contribution in [0.25, 0.3) is 0 Å². The van der Waals surface area contributed by atoms with Crippen LogP contribution in [0.2, 0.25) is 0 Å². The molecule has 0 aliphatic heterocycles. The van der Waals surface area contributed by atoms with Gasteiger partial charge < -0.3 is 4.90 Å². The fourth-order valence-electron chi connectivity index (χ4n) is 2.11. The normalized spacial score (nSPS) is 10.5. The first-order valence-corrected chi connectivity index (χ1v) is 7.39. The molecule has 4 nitrogen and oxygen atoms in total. The Hall–Kier alpha value is -2.88. The molecule has 2 aromatic rings. The predicted octanol–water partition coefficient (Wildman–Crippen LogP) is 3.61. The molecule has 2 amide bonds. The lowest BCUT2D eigenvalue weighted by Gasteiger charge is -2.25. The van der Waals surface area contributed by atoms with Crippen molar-refractivity contribution in [3.05, 3.63) is 78.4 Å². The molecule has 4 heteroatoms. The third-order valence-corrected chi connectivity index (χ3v) is 3.30. The second-order valence-electron chi connectivity index (χ2n) is 5.26. The Balaban J connectivity index is 2.11. The molecule has 118 valence electrons. The molecule has 0 saturated carbocycles. The number of amides is 2. The quantitative estimate of drug-likeness (QED) is 0.625. The highest BCUT2D eigenvalue weighted by atomic mass is 16.2. The van der Waals surface area contributed by atoms with Gasteiger partial charge in [0.05, 0.1) is 0 Å². The minimum Gasteiger partial charge on any atom is -0.330 e. The van der Waals surface area contributed by atoms with Crippen LogP contribution < -0.4 is 4.90 Å². The molecule has 23 heavy (non-hydrogen) atoms. The minimum atomic E-state index is -0.131. The Morgan fingerprint density at radius 2 is 1.48 bits per heavy atom. The molecule has 0 heterocycles. The van der Waals surface area contributed by atoms with Crippen LogP contribution in [-0.4, -0.2) is 37.4 Å². The van der Waals surface area contributed by atoms with Gasteiger partial charge in [0.1, 0.15) is 0 Å². The molecule has 2 aromatic carbocycles. The van der Waals surface area contributed by atoms with Gasteiger partial charge in [0.2, 0.25) is 0 Å². The van der Waals surface area contributed by atoms with E-state index in [4.69, 9.17) is 0 Å². The number of anilines is 1. The van der Waals surface area contributed by atoms with Crippen LogP contribution in [0.4, 0.5) is 10.5 Å². The molecule has 0 aliphatic rings. The maximum atomic E-state index is 12.3. The number of ketones is 1. The Morgan fingerprint density at radius 1 is 0.913 bits per heavy atom. The Kier molecular flexibility index (Phi) is 5.69. The highest BCUT2D eigenvalue weighted by Crippen LogP contribution is 2.14. The lowest BCUT2D eigenvalue weighted by Crippen LogP contribution is -2.39. The van der Waals surface area contributed by atoms with Gasteiger partial charge in [-0.2, -0.15) is 0 Å². The van der Waals surface area contributed by atoms with Gasteiger partial charge in [-0.05, 0) is 18.2 Å². The van der Waals surface area contributed by atoms with Crippen molar-refractivity contribution in [3.63, 3.8) is 0 Å². The van der Waals surface area contributed by atoms with Gasteiger partial charge in [-0.25, -0.2) is 4.79 Å². The molecule has 2 rings (SSSR count). The van der Waals surface area contributed by atoms with Gasteiger partial charge in [-0.3, -0.25) is 9.69 Å². The molecule has 0 spiro atoms. The van der Waals surface area contributed by atoms with Gasteiger partial charge >= 0.3 is 6.03 Å². The standard InChI is InChI=1S/C19H20N2O2/c1-20(2)19(23)21(17-12-7-4-8-13-17)15-9-14-18(22)16-10-5-3-6-11-16/h3-14H,15H2,1-2H3/b14-9+. The van der Waals surface area contributed by atoms with Crippen LogP contribution in [0.15, 0.2) is 72.8 Å². The van der Waals surface area contributed by atoms with Crippen LogP contribution in [0, 0.1) is 0 Å². The maximum Gasteiger partial charge on any atom is 0.324 e. The van der Waals surface area contributed by atoms with Crippen molar-refractivity contribution in [3.8, 4) is 0 Å². The fraction of sp³-hybridized carbons (Fsp3) is 0.158. The second-order valence-corrected chi connectivity index (χ2v) is 5.26. The molecular weight excluding hydrogens is 288 g/mol. The van der Waals surface area contributed by atoms with E-state index >= 15 is 0 Å². The zero-order valence-electron chi connectivity index (χ0n) is 13.3. The SMILES string of the molecule is CN(C)C(=O)N(C/C=C/C(=O)c1ccccc1)c1ccccc1. The van der Waals surface area contributed by atoms with Crippen molar-refractivity contribution in [1.82, 2.24) is 4.90 Å². The molecule has 0 N–H and O–H groups in total. The number of hydrogen-bond donors (Lipinski definition) is 0. The summed E-state index contributed by atoms with van der Waals surface area (Å²) in [5.41, 5.74) is 1.43. The van der Waals surface area contributed by atoms with E-state index in [2.05, 4.69) is 0 Å². The van der Waals surface area contributed by atoms with Crippen molar-refractivity contribution in [2.75, 3.05) is 25.5 Å². The van der Waals surface area contributed by atoms with Crippen LogP contribution in [0.1, 0.15) is 10.4 Å². The van der Waals surface area contributed by atoms with Gasteiger partial charge in [0.25, 0.3) is 0 Å². The zero-order chi connectivity index (χ0) is 16.7.